The van der Waals surface area contributed by atoms with Gasteiger partial charge in [-0.2, -0.15) is 0 Å². The number of amides is 1. The van der Waals surface area contributed by atoms with Crippen molar-refractivity contribution in [1.82, 2.24) is 10.6 Å². The van der Waals surface area contributed by atoms with E-state index in [-0.39, 0.29) is 5.91 Å². The molecule has 0 heterocycles. The Morgan fingerprint density at radius 3 is 2.88 bits per heavy atom. The van der Waals surface area contributed by atoms with Crippen molar-refractivity contribution < 1.29 is 4.79 Å². The second-order valence-corrected chi connectivity index (χ2v) is 4.22. The molecule has 3 heteroatoms. The number of hydrogen-bond donors (Lipinski definition) is 2. The lowest BCUT2D eigenvalue weighted by Gasteiger charge is -2.04. The minimum Gasteiger partial charge on any atom is -0.344 e. The van der Waals surface area contributed by atoms with Crippen molar-refractivity contribution >= 4 is 5.91 Å². The third-order valence-electron chi connectivity index (χ3n) is 2.93. The predicted molar refractivity (Wildman–Crippen MR) is 67.4 cm³/mol. The number of carbonyl (C=O) groups excluding carboxylic acids is 1. The molecular weight excluding hydrogens is 212 g/mol. The molecule has 0 bridgehead atoms. The van der Waals surface area contributed by atoms with Gasteiger partial charge in [-0.05, 0) is 12.0 Å². The molecular formula is C14H16N2O. The average molecular weight is 228 g/mol. The molecule has 1 aromatic rings. The minimum absolute atomic E-state index is 0.0401. The minimum atomic E-state index is -0.0401. The van der Waals surface area contributed by atoms with Crippen LogP contribution in [0.4, 0.5) is 0 Å². The van der Waals surface area contributed by atoms with Gasteiger partial charge in [0.05, 0.1) is 13.1 Å². The lowest BCUT2D eigenvalue weighted by atomic mass is 10.1. The van der Waals surface area contributed by atoms with Crippen LogP contribution < -0.4 is 10.6 Å². The van der Waals surface area contributed by atoms with Gasteiger partial charge >= 0.3 is 0 Å². The van der Waals surface area contributed by atoms with Crippen LogP contribution in [0, 0.1) is 12.3 Å². The highest BCUT2D eigenvalue weighted by Crippen LogP contribution is 2.40. The molecule has 1 saturated carbocycles. The molecule has 1 fully saturated rings. The maximum absolute atomic E-state index is 11.3. The predicted octanol–water partition coefficient (Wildman–Crippen LogP) is 0.881. The average Bonchev–Trinajstić information content (AvgIpc) is 3.14. The van der Waals surface area contributed by atoms with E-state index in [2.05, 4.69) is 28.7 Å². The van der Waals surface area contributed by atoms with Crippen molar-refractivity contribution in [3.05, 3.63) is 35.9 Å². The Bertz CT molecular complexity index is 422. The summed E-state index contributed by atoms with van der Waals surface area (Å²) in [7, 11) is 0. The molecule has 17 heavy (non-hydrogen) atoms. The van der Waals surface area contributed by atoms with E-state index in [4.69, 9.17) is 6.42 Å². The van der Waals surface area contributed by atoms with Crippen LogP contribution in [0.15, 0.2) is 30.3 Å². The quantitative estimate of drug-likeness (QED) is 0.735. The summed E-state index contributed by atoms with van der Waals surface area (Å²) in [5, 5.41) is 5.87. The van der Waals surface area contributed by atoms with Crippen LogP contribution in [0.25, 0.3) is 0 Å². The Morgan fingerprint density at radius 1 is 1.41 bits per heavy atom. The summed E-state index contributed by atoms with van der Waals surface area (Å²) in [5.74, 6) is 2.89. The second-order valence-electron chi connectivity index (χ2n) is 4.22. The van der Waals surface area contributed by atoms with Gasteiger partial charge in [-0.3, -0.25) is 4.79 Å². The Kier molecular flexibility index (Phi) is 3.79. The van der Waals surface area contributed by atoms with Crippen molar-refractivity contribution in [3.63, 3.8) is 0 Å². The molecule has 0 aromatic heterocycles. The number of carbonyl (C=O) groups is 1. The number of benzene rings is 1. The zero-order valence-electron chi connectivity index (χ0n) is 9.65. The van der Waals surface area contributed by atoms with Crippen molar-refractivity contribution in [3.8, 4) is 12.3 Å². The molecule has 0 radical (unpaired) electrons. The van der Waals surface area contributed by atoms with E-state index in [1.165, 1.54) is 5.56 Å². The molecule has 0 aliphatic heterocycles. The van der Waals surface area contributed by atoms with Crippen LogP contribution in [-0.4, -0.2) is 25.0 Å². The van der Waals surface area contributed by atoms with E-state index in [0.717, 1.165) is 6.42 Å². The molecule has 2 unspecified atom stereocenters. The third-order valence-corrected chi connectivity index (χ3v) is 2.93. The first-order chi connectivity index (χ1) is 8.31. The second kappa shape index (κ2) is 5.51. The van der Waals surface area contributed by atoms with Crippen LogP contribution >= 0.6 is 0 Å². The number of rotatable bonds is 5. The number of terminal acetylenes is 1. The fraction of sp³-hybridized carbons (Fsp3) is 0.357. The van der Waals surface area contributed by atoms with Crippen LogP contribution in [0.2, 0.25) is 0 Å². The highest BCUT2D eigenvalue weighted by Gasteiger charge is 2.37. The van der Waals surface area contributed by atoms with Gasteiger partial charge in [-0.15, -0.1) is 6.42 Å². The molecule has 1 aliphatic rings. The lowest BCUT2D eigenvalue weighted by Crippen LogP contribution is -2.35. The van der Waals surface area contributed by atoms with E-state index in [1.807, 2.05) is 18.2 Å². The maximum atomic E-state index is 11.3. The zero-order chi connectivity index (χ0) is 12.1. The summed E-state index contributed by atoms with van der Waals surface area (Å²) >= 11 is 0. The van der Waals surface area contributed by atoms with Crippen molar-refractivity contribution in [1.29, 1.82) is 0 Å². The molecule has 2 atom stereocenters. The van der Waals surface area contributed by atoms with Crippen LogP contribution in [0.5, 0.6) is 0 Å². The molecule has 3 nitrogen and oxygen atoms in total. The van der Waals surface area contributed by atoms with Gasteiger partial charge in [-0.1, -0.05) is 36.3 Å². The largest absolute Gasteiger partial charge is 0.344 e. The smallest absolute Gasteiger partial charge is 0.234 e. The van der Waals surface area contributed by atoms with Gasteiger partial charge < -0.3 is 10.6 Å². The summed E-state index contributed by atoms with van der Waals surface area (Å²) in [6.07, 6.45) is 6.16. The fourth-order valence-corrected chi connectivity index (χ4v) is 1.93. The Labute approximate surface area is 102 Å². The van der Waals surface area contributed by atoms with Crippen molar-refractivity contribution in [2.24, 2.45) is 0 Å². The highest BCUT2D eigenvalue weighted by molar-refractivity contribution is 5.78. The molecule has 1 aliphatic carbocycles. The summed E-state index contributed by atoms with van der Waals surface area (Å²) in [6.45, 7) is 0.642. The van der Waals surface area contributed by atoms with E-state index < -0.39 is 0 Å². The lowest BCUT2D eigenvalue weighted by molar-refractivity contribution is -0.120. The molecule has 1 amide bonds. The maximum Gasteiger partial charge on any atom is 0.234 e. The Hall–Kier alpha value is -1.79. The SMILES string of the molecule is C#CCNC(=O)CNC1CC1c1ccccc1. The molecule has 2 N–H and O–H groups in total. The first kappa shape index (κ1) is 11.7. The van der Waals surface area contributed by atoms with E-state index >= 15 is 0 Å². The van der Waals surface area contributed by atoms with E-state index in [9.17, 15) is 4.79 Å². The fourth-order valence-electron chi connectivity index (χ4n) is 1.93. The van der Waals surface area contributed by atoms with Crippen molar-refractivity contribution in [2.75, 3.05) is 13.1 Å². The van der Waals surface area contributed by atoms with Gasteiger partial charge in [-0.25, -0.2) is 0 Å². The van der Waals surface area contributed by atoms with Gasteiger partial charge in [0.2, 0.25) is 5.91 Å². The topological polar surface area (TPSA) is 41.1 Å². The first-order valence-electron chi connectivity index (χ1n) is 5.79. The van der Waals surface area contributed by atoms with Crippen molar-refractivity contribution in [2.45, 2.75) is 18.4 Å². The molecule has 0 saturated heterocycles. The molecule has 2 rings (SSSR count). The van der Waals surface area contributed by atoms with E-state index in [0.29, 0.717) is 25.0 Å². The standard InChI is InChI=1S/C14H16N2O/c1-2-8-15-14(17)10-16-13-9-12(13)11-6-4-3-5-7-11/h1,3-7,12-13,16H,8-10H2,(H,15,17). The van der Waals surface area contributed by atoms with Gasteiger partial charge in [0.15, 0.2) is 0 Å². The van der Waals surface area contributed by atoms with Gasteiger partial charge in [0, 0.05) is 12.0 Å². The molecule has 88 valence electrons. The van der Waals surface area contributed by atoms with E-state index in [1.54, 1.807) is 0 Å². The highest BCUT2D eigenvalue weighted by atomic mass is 16.1. The number of nitrogens with one attached hydrogen (secondary N) is 2. The summed E-state index contributed by atoms with van der Waals surface area (Å²) < 4.78 is 0. The zero-order valence-corrected chi connectivity index (χ0v) is 9.65. The Morgan fingerprint density at radius 2 is 2.18 bits per heavy atom. The summed E-state index contributed by atoms with van der Waals surface area (Å²) in [6, 6.07) is 10.8. The normalized spacial score (nSPS) is 21.6. The number of hydrogen-bond acceptors (Lipinski definition) is 2. The third kappa shape index (κ3) is 3.33. The Balaban J connectivity index is 1.71. The van der Waals surface area contributed by atoms with Crippen LogP contribution in [0.1, 0.15) is 17.9 Å². The van der Waals surface area contributed by atoms with Crippen LogP contribution in [0.3, 0.4) is 0 Å². The van der Waals surface area contributed by atoms with Gasteiger partial charge in [0.25, 0.3) is 0 Å². The van der Waals surface area contributed by atoms with Gasteiger partial charge in [0.1, 0.15) is 0 Å². The van der Waals surface area contributed by atoms with Crippen LogP contribution in [-0.2, 0) is 4.79 Å². The molecule has 0 spiro atoms. The summed E-state index contributed by atoms with van der Waals surface area (Å²) in [4.78, 5) is 11.3. The molecule has 1 aromatic carbocycles. The monoisotopic (exact) mass is 228 g/mol. The summed E-state index contributed by atoms with van der Waals surface area (Å²) in [5.41, 5.74) is 1.34. The first-order valence-corrected chi connectivity index (χ1v) is 5.79.